The van der Waals surface area contributed by atoms with Gasteiger partial charge in [-0.05, 0) is 38.3 Å². The Balaban J connectivity index is 2.25. The molecule has 15 heavy (non-hydrogen) atoms. The average molecular weight is 269 g/mol. The molecule has 1 fully saturated rings. The van der Waals surface area contributed by atoms with Crippen molar-refractivity contribution in [2.45, 2.75) is 37.6 Å². The second kappa shape index (κ2) is 4.52. The number of rotatable bonds is 1. The summed E-state index contributed by atoms with van der Waals surface area (Å²) in [6, 6.07) is 4.73. The molecule has 1 aliphatic heterocycles. The topological polar surface area (TPSA) is 16.1 Å². The number of hydrogen-bond donors (Lipinski definition) is 0. The van der Waals surface area contributed by atoms with Crippen molar-refractivity contribution in [1.82, 2.24) is 4.98 Å². The lowest BCUT2D eigenvalue weighted by Gasteiger charge is -2.37. The van der Waals surface area contributed by atoms with Crippen LogP contribution in [0.5, 0.6) is 0 Å². The number of halogens is 1. The summed E-state index contributed by atoms with van der Waals surface area (Å²) in [7, 11) is 0. The van der Waals surface area contributed by atoms with Gasteiger partial charge in [-0.1, -0.05) is 22.0 Å². The van der Waals surface area contributed by atoms with Crippen molar-refractivity contribution in [2.75, 3.05) is 11.4 Å². The van der Waals surface area contributed by atoms with Crippen LogP contribution >= 0.6 is 15.9 Å². The molecule has 2 unspecified atom stereocenters. The fourth-order valence-corrected chi connectivity index (χ4v) is 2.71. The third-order valence-corrected chi connectivity index (χ3v) is 3.83. The molecular formula is C12H17BrN2. The van der Waals surface area contributed by atoms with Crippen LogP contribution in [0.2, 0.25) is 0 Å². The smallest absolute Gasteiger partial charge is 0.131 e. The van der Waals surface area contributed by atoms with Gasteiger partial charge in [0.15, 0.2) is 0 Å². The molecule has 2 nitrogen and oxygen atoms in total. The van der Waals surface area contributed by atoms with Crippen molar-refractivity contribution in [3.63, 3.8) is 0 Å². The lowest BCUT2D eigenvalue weighted by atomic mass is 10.0. The molecule has 1 aromatic heterocycles. The standard InChI is InChI=1S/C12H17BrN2/c1-9-4-3-7-14-12(9)15-8-11(13)6-5-10(15)2/h3-4,7,10-11H,5-6,8H2,1-2H3. The monoisotopic (exact) mass is 268 g/mol. The summed E-state index contributed by atoms with van der Waals surface area (Å²) >= 11 is 3.71. The molecule has 1 aliphatic rings. The predicted molar refractivity (Wildman–Crippen MR) is 67.7 cm³/mol. The van der Waals surface area contributed by atoms with Gasteiger partial charge >= 0.3 is 0 Å². The van der Waals surface area contributed by atoms with E-state index in [4.69, 9.17) is 0 Å². The Bertz CT molecular complexity index is 340. The van der Waals surface area contributed by atoms with Gasteiger partial charge in [0.05, 0.1) is 0 Å². The van der Waals surface area contributed by atoms with Crippen molar-refractivity contribution in [3.8, 4) is 0 Å². The molecule has 2 rings (SSSR count). The van der Waals surface area contributed by atoms with Crippen molar-refractivity contribution in [2.24, 2.45) is 0 Å². The van der Waals surface area contributed by atoms with Gasteiger partial charge in [-0.2, -0.15) is 0 Å². The van der Waals surface area contributed by atoms with Crippen molar-refractivity contribution in [1.29, 1.82) is 0 Å². The maximum absolute atomic E-state index is 4.49. The number of aromatic nitrogens is 1. The lowest BCUT2D eigenvalue weighted by molar-refractivity contribution is 0.493. The Hall–Kier alpha value is -0.570. The molecule has 3 heteroatoms. The van der Waals surface area contributed by atoms with Crippen LogP contribution in [0.1, 0.15) is 25.3 Å². The molecule has 2 heterocycles. The minimum atomic E-state index is 0.604. The summed E-state index contributed by atoms with van der Waals surface area (Å²) < 4.78 is 0. The minimum Gasteiger partial charge on any atom is -0.353 e. The van der Waals surface area contributed by atoms with Gasteiger partial charge in [0.2, 0.25) is 0 Å². The number of alkyl halides is 1. The normalized spacial score (nSPS) is 26.7. The molecule has 0 N–H and O–H groups in total. The lowest BCUT2D eigenvalue weighted by Crippen LogP contribution is -2.43. The van der Waals surface area contributed by atoms with Crippen LogP contribution in [0.4, 0.5) is 5.82 Å². The zero-order valence-corrected chi connectivity index (χ0v) is 10.9. The Morgan fingerprint density at radius 3 is 3.00 bits per heavy atom. The molecule has 82 valence electrons. The molecule has 1 aromatic rings. The number of aryl methyl sites for hydroxylation is 1. The second-order valence-electron chi connectivity index (χ2n) is 4.32. The summed E-state index contributed by atoms with van der Waals surface area (Å²) in [5.74, 6) is 1.15. The number of nitrogens with zero attached hydrogens (tertiary/aromatic N) is 2. The van der Waals surface area contributed by atoms with Crippen molar-refractivity contribution >= 4 is 21.7 Å². The largest absolute Gasteiger partial charge is 0.353 e. The zero-order valence-electron chi connectivity index (χ0n) is 9.28. The molecule has 0 amide bonds. The number of hydrogen-bond acceptors (Lipinski definition) is 2. The van der Waals surface area contributed by atoms with Crippen LogP contribution in [0.15, 0.2) is 18.3 Å². The van der Waals surface area contributed by atoms with Crippen LogP contribution < -0.4 is 4.90 Å². The average Bonchev–Trinajstić information content (AvgIpc) is 2.23. The maximum Gasteiger partial charge on any atom is 0.131 e. The summed E-state index contributed by atoms with van der Waals surface area (Å²) in [6.45, 7) is 5.49. The molecule has 0 aliphatic carbocycles. The van der Waals surface area contributed by atoms with E-state index in [2.05, 4.69) is 45.7 Å². The summed E-state index contributed by atoms with van der Waals surface area (Å²) in [5.41, 5.74) is 1.27. The minimum absolute atomic E-state index is 0.604. The first-order valence-corrected chi connectivity index (χ1v) is 6.42. The third-order valence-electron chi connectivity index (χ3n) is 3.08. The van der Waals surface area contributed by atoms with Crippen LogP contribution in [0, 0.1) is 6.92 Å². The summed E-state index contributed by atoms with van der Waals surface area (Å²) in [5, 5.41) is 0. The van der Waals surface area contributed by atoms with Gasteiger partial charge in [-0.25, -0.2) is 4.98 Å². The van der Waals surface area contributed by atoms with Crippen LogP contribution in [0.25, 0.3) is 0 Å². The van der Waals surface area contributed by atoms with E-state index in [0.717, 1.165) is 12.4 Å². The number of piperidine rings is 1. The van der Waals surface area contributed by atoms with E-state index < -0.39 is 0 Å². The van der Waals surface area contributed by atoms with E-state index in [0.29, 0.717) is 10.9 Å². The highest BCUT2D eigenvalue weighted by atomic mass is 79.9. The molecule has 0 bridgehead atoms. The summed E-state index contributed by atoms with van der Waals surface area (Å²) in [4.78, 5) is 7.51. The van der Waals surface area contributed by atoms with E-state index in [1.807, 2.05) is 12.3 Å². The Morgan fingerprint density at radius 1 is 1.47 bits per heavy atom. The predicted octanol–water partition coefficient (Wildman–Crippen LogP) is 3.14. The van der Waals surface area contributed by atoms with Gasteiger partial charge in [0, 0.05) is 23.6 Å². The molecular weight excluding hydrogens is 252 g/mol. The Morgan fingerprint density at radius 2 is 2.27 bits per heavy atom. The fourth-order valence-electron chi connectivity index (χ4n) is 2.14. The van der Waals surface area contributed by atoms with Gasteiger partial charge in [-0.3, -0.25) is 0 Å². The van der Waals surface area contributed by atoms with Gasteiger partial charge in [-0.15, -0.1) is 0 Å². The fraction of sp³-hybridized carbons (Fsp3) is 0.583. The quantitative estimate of drug-likeness (QED) is 0.728. The van der Waals surface area contributed by atoms with E-state index in [1.54, 1.807) is 0 Å². The van der Waals surface area contributed by atoms with E-state index in [1.165, 1.54) is 18.4 Å². The maximum atomic E-state index is 4.49. The number of anilines is 1. The molecule has 0 spiro atoms. The summed E-state index contributed by atoms with van der Waals surface area (Å²) in [6.07, 6.45) is 4.39. The molecule has 0 radical (unpaired) electrons. The molecule has 2 atom stereocenters. The van der Waals surface area contributed by atoms with Crippen LogP contribution in [-0.2, 0) is 0 Å². The first-order chi connectivity index (χ1) is 7.18. The first-order valence-electron chi connectivity index (χ1n) is 5.51. The number of pyridine rings is 1. The second-order valence-corrected chi connectivity index (χ2v) is 5.61. The third kappa shape index (κ3) is 2.33. The molecule has 0 aromatic carbocycles. The Labute approximate surface area is 99.8 Å². The highest BCUT2D eigenvalue weighted by Crippen LogP contribution is 2.27. The molecule has 1 saturated heterocycles. The highest BCUT2D eigenvalue weighted by molar-refractivity contribution is 9.09. The van der Waals surface area contributed by atoms with E-state index in [-0.39, 0.29) is 0 Å². The van der Waals surface area contributed by atoms with Gasteiger partial charge in [0.25, 0.3) is 0 Å². The first kappa shape index (κ1) is 10.9. The van der Waals surface area contributed by atoms with Crippen LogP contribution in [-0.4, -0.2) is 22.4 Å². The van der Waals surface area contributed by atoms with Crippen molar-refractivity contribution < 1.29 is 0 Å². The van der Waals surface area contributed by atoms with E-state index >= 15 is 0 Å². The van der Waals surface area contributed by atoms with Crippen molar-refractivity contribution in [3.05, 3.63) is 23.9 Å². The highest BCUT2D eigenvalue weighted by Gasteiger charge is 2.25. The molecule has 0 saturated carbocycles. The Kier molecular flexibility index (Phi) is 3.29. The van der Waals surface area contributed by atoms with Gasteiger partial charge in [0.1, 0.15) is 5.82 Å². The van der Waals surface area contributed by atoms with Gasteiger partial charge < -0.3 is 4.90 Å². The van der Waals surface area contributed by atoms with Crippen LogP contribution in [0.3, 0.4) is 0 Å². The zero-order chi connectivity index (χ0) is 10.8. The SMILES string of the molecule is Cc1cccnc1N1CC(Br)CCC1C. The van der Waals surface area contributed by atoms with E-state index in [9.17, 15) is 0 Å².